The number of hydrogen-bond acceptors (Lipinski definition) is 3. The summed E-state index contributed by atoms with van der Waals surface area (Å²) >= 11 is 0. The zero-order chi connectivity index (χ0) is 15.1. The quantitative estimate of drug-likeness (QED) is 0.864. The normalized spacial score (nSPS) is 10.7. The minimum Gasteiger partial charge on any atom is -0.353 e. The van der Waals surface area contributed by atoms with E-state index in [1.807, 2.05) is 45.9 Å². The van der Waals surface area contributed by atoms with Crippen molar-refractivity contribution >= 4 is 5.91 Å². The lowest BCUT2D eigenvalue weighted by atomic mass is 10.1. The van der Waals surface area contributed by atoms with Gasteiger partial charge in [0.25, 0.3) is 0 Å². The average Bonchev–Trinajstić information content (AvgIpc) is 2.38. The third-order valence-corrected chi connectivity index (χ3v) is 3.13. The van der Waals surface area contributed by atoms with Crippen LogP contribution in [0.2, 0.25) is 0 Å². The van der Waals surface area contributed by atoms with Crippen molar-refractivity contribution in [1.29, 1.82) is 5.26 Å². The highest BCUT2D eigenvalue weighted by Gasteiger charge is 2.11. The van der Waals surface area contributed by atoms with Crippen molar-refractivity contribution in [1.82, 2.24) is 10.2 Å². The van der Waals surface area contributed by atoms with Gasteiger partial charge < -0.3 is 5.32 Å². The van der Waals surface area contributed by atoms with Crippen LogP contribution in [0.15, 0.2) is 18.2 Å². The molecule has 0 heterocycles. The van der Waals surface area contributed by atoms with Crippen LogP contribution in [0.1, 0.15) is 37.5 Å². The highest BCUT2D eigenvalue weighted by molar-refractivity contribution is 5.78. The molecule has 4 heteroatoms. The summed E-state index contributed by atoms with van der Waals surface area (Å²) in [5.41, 5.74) is 2.92. The summed E-state index contributed by atoms with van der Waals surface area (Å²) < 4.78 is 0. The van der Waals surface area contributed by atoms with Crippen LogP contribution in [0, 0.1) is 18.3 Å². The lowest BCUT2D eigenvalue weighted by Crippen LogP contribution is -2.39. The lowest BCUT2D eigenvalue weighted by Gasteiger charge is -2.21. The molecule has 108 valence electrons. The molecule has 20 heavy (non-hydrogen) atoms. The molecule has 0 bridgehead atoms. The number of rotatable bonds is 6. The van der Waals surface area contributed by atoms with Gasteiger partial charge in [0.05, 0.1) is 18.2 Å². The Bertz CT molecular complexity index is 503. The van der Waals surface area contributed by atoms with Gasteiger partial charge in [-0.15, -0.1) is 0 Å². The van der Waals surface area contributed by atoms with Crippen molar-refractivity contribution in [3.8, 4) is 6.07 Å². The highest BCUT2D eigenvalue weighted by atomic mass is 16.2. The molecule has 1 N–H and O–H groups in total. The first kappa shape index (κ1) is 16.2. The Morgan fingerprint density at radius 2 is 2.15 bits per heavy atom. The fourth-order valence-corrected chi connectivity index (χ4v) is 2.03. The molecule has 0 unspecified atom stereocenters. The van der Waals surface area contributed by atoms with E-state index in [9.17, 15) is 4.79 Å². The monoisotopic (exact) mass is 273 g/mol. The first-order valence-electron chi connectivity index (χ1n) is 6.97. The van der Waals surface area contributed by atoms with Crippen LogP contribution in [0.5, 0.6) is 0 Å². The van der Waals surface area contributed by atoms with Gasteiger partial charge in [-0.3, -0.25) is 9.69 Å². The number of nitrogens with one attached hydrogen (secondary N) is 1. The van der Waals surface area contributed by atoms with Crippen LogP contribution in [-0.2, 0) is 11.3 Å². The van der Waals surface area contributed by atoms with Crippen LogP contribution >= 0.6 is 0 Å². The van der Waals surface area contributed by atoms with Crippen LogP contribution in [0.25, 0.3) is 0 Å². The van der Waals surface area contributed by atoms with E-state index in [0.29, 0.717) is 12.1 Å². The molecule has 1 amide bonds. The van der Waals surface area contributed by atoms with E-state index < -0.39 is 0 Å². The standard InChI is InChI=1S/C16H23N3O/c1-5-19(11-16(20)18-12(2)3)10-15-7-6-14(9-17)8-13(15)4/h6-8,12H,5,10-11H2,1-4H3,(H,18,20). The molecule has 0 radical (unpaired) electrons. The van der Waals surface area contributed by atoms with Crippen LogP contribution < -0.4 is 5.32 Å². The van der Waals surface area contributed by atoms with E-state index in [1.165, 1.54) is 0 Å². The summed E-state index contributed by atoms with van der Waals surface area (Å²) in [6, 6.07) is 7.98. The fraction of sp³-hybridized carbons (Fsp3) is 0.500. The van der Waals surface area contributed by atoms with Crippen LogP contribution in [0.4, 0.5) is 0 Å². The Labute approximate surface area is 121 Å². The molecule has 1 rings (SSSR count). The number of carbonyl (C=O) groups is 1. The second-order valence-electron chi connectivity index (χ2n) is 5.28. The summed E-state index contributed by atoms with van der Waals surface area (Å²) in [5.74, 6) is 0.0492. The lowest BCUT2D eigenvalue weighted by molar-refractivity contribution is -0.122. The molecule has 1 aromatic carbocycles. The third kappa shape index (κ3) is 5.02. The summed E-state index contributed by atoms with van der Waals surface area (Å²) in [6.07, 6.45) is 0. The molecule has 0 spiro atoms. The smallest absolute Gasteiger partial charge is 0.234 e. The molecule has 0 atom stereocenters. The van der Waals surface area contributed by atoms with Gasteiger partial charge in [0.1, 0.15) is 0 Å². The van der Waals surface area contributed by atoms with Gasteiger partial charge in [-0.1, -0.05) is 13.0 Å². The maximum absolute atomic E-state index is 11.8. The predicted molar refractivity (Wildman–Crippen MR) is 80.1 cm³/mol. The van der Waals surface area contributed by atoms with Gasteiger partial charge in [-0.25, -0.2) is 0 Å². The second kappa shape index (κ2) is 7.66. The Hall–Kier alpha value is -1.86. The zero-order valence-electron chi connectivity index (χ0n) is 12.7. The Morgan fingerprint density at radius 1 is 1.45 bits per heavy atom. The van der Waals surface area contributed by atoms with E-state index in [-0.39, 0.29) is 11.9 Å². The number of amides is 1. The minimum absolute atomic E-state index is 0.0492. The van der Waals surface area contributed by atoms with Crippen molar-refractivity contribution in [2.45, 2.75) is 40.3 Å². The minimum atomic E-state index is 0.0492. The molecular formula is C16H23N3O. The number of benzene rings is 1. The summed E-state index contributed by atoms with van der Waals surface area (Å²) in [7, 11) is 0. The van der Waals surface area contributed by atoms with E-state index >= 15 is 0 Å². The number of aryl methyl sites for hydroxylation is 1. The number of carbonyl (C=O) groups excluding carboxylic acids is 1. The van der Waals surface area contributed by atoms with Crippen LogP contribution in [0.3, 0.4) is 0 Å². The summed E-state index contributed by atoms with van der Waals surface area (Å²) in [5, 5.41) is 11.8. The fourth-order valence-electron chi connectivity index (χ4n) is 2.03. The van der Waals surface area contributed by atoms with Crippen molar-refractivity contribution < 1.29 is 4.79 Å². The summed E-state index contributed by atoms with van der Waals surface area (Å²) in [6.45, 7) is 9.89. The van der Waals surface area contributed by atoms with Crippen molar-refractivity contribution in [2.24, 2.45) is 0 Å². The van der Waals surface area contributed by atoms with E-state index in [2.05, 4.69) is 16.3 Å². The molecule has 0 aliphatic rings. The zero-order valence-corrected chi connectivity index (χ0v) is 12.7. The second-order valence-corrected chi connectivity index (χ2v) is 5.28. The van der Waals surface area contributed by atoms with Crippen molar-refractivity contribution in [3.63, 3.8) is 0 Å². The van der Waals surface area contributed by atoms with E-state index in [1.54, 1.807) is 0 Å². The first-order valence-corrected chi connectivity index (χ1v) is 6.97. The van der Waals surface area contributed by atoms with Gasteiger partial charge in [0.15, 0.2) is 0 Å². The number of nitriles is 1. The Morgan fingerprint density at radius 3 is 2.65 bits per heavy atom. The molecule has 1 aromatic rings. The predicted octanol–water partition coefficient (Wildman–Crippen LogP) is 2.21. The van der Waals surface area contributed by atoms with Gasteiger partial charge in [-0.05, 0) is 50.6 Å². The highest BCUT2D eigenvalue weighted by Crippen LogP contribution is 2.13. The molecule has 0 aliphatic heterocycles. The number of likely N-dealkylation sites (N-methyl/N-ethyl adjacent to an activating group) is 1. The van der Waals surface area contributed by atoms with Crippen molar-refractivity contribution in [2.75, 3.05) is 13.1 Å². The van der Waals surface area contributed by atoms with Crippen molar-refractivity contribution in [3.05, 3.63) is 34.9 Å². The SMILES string of the molecule is CCN(CC(=O)NC(C)C)Cc1ccc(C#N)cc1C. The van der Waals surface area contributed by atoms with Gasteiger partial charge >= 0.3 is 0 Å². The molecule has 0 aliphatic carbocycles. The van der Waals surface area contributed by atoms with Gasteiger partial charge in [0, 0.05) is 12.6 Å². The molecular weight excluding hydrogens is 250 g/mol. The average molecular weight is 273 g/mol. The Balaban J connectivity index is 2.69. The largest absolute Gasteiger partial charge is 0.353 e. The topological polar surface area (TPSA) is 56.1 Å². The molecule has 0 saturated heterocycles. The molecule has 0 saturated carbocycles. The van der Waals surface area contributed by atoms with Crippen LogP contribution in [-0.4, -0.2) is 29.9 Å². The summed E-state index contributed by atoms with van der Waals surface area (Å²) in [4.78, 5) is 13.9. The number of hydrogen-bond donors (Lipinski definition) is 1. The number of nitrogens with zero attached hydrogens (tertiary/aromatic N) is 2. The Kier molecular flexibility index (Phi) is 6.20. The first-order chi connectivity index (χ1) is 9.46. The molecule has 0 aromatic heterocycles. The molecule has 0 fully saturated rings. The molecule has 4 nitrogen and oxygen atoms in total. The van der Waals surface area contributed by atoms with E-state index in [0.717, 1.165) is 24.2 Å². The third-order valence-electron chi connectivity index (χ3n) is 3.13. The maximum atomic E-state index is 11.8. The van der Waals surface area contributed by atoms with Gasteiger partial charge in [-0.2, -0.15) is 5.26 Å². The van der Waals surface area contributed by atoms with E-state index in [4.69, 9.17) is 5.26 Å². The maximum Gasteiger partial charge on any atom is 0.234 e. The van der Waals surface area contributed by atoms with Gasteiger partial charge in [0.2, 0.25) is 5.91 Å².